The van der Waals surface area contributed by atoms with E-state index in [1.165, 1.54) is 10.9 Å². The molecule has 9 nitrogen and oxygen atoms in total. The summed E-state index contributed by atoms with van der Waals surface area (Å²) in [6, 6.07) is 9.60. The Bertz CT molecular complexity index is 1170. The Balaban J connectivity index is 1.77. The lowest BCUT2D eigenvalue weighted by molar-refractivity contribution is -0.122. The standard InChI is InChI=1S/C22H27N5O4/c1-31-12-11-25-15-23-20-19(25)21(29)27(14-18(28)24-17-9-5-6-10-17)22(30)26(20)13-16-7-3-2-4-8-16/h2-4,7-8,15,17H,5-6,9-14H2,1H3,(H,24,28). The summed E-state index contributed by atoms with van der Waals surface area (Å²) in [5.41, 5.74) is 0.445. The number of ether oxygens (including phenoxy) is 1. The van der Waals surface area contributed by atoms with Gasteiger partial charge in [-0.25, -0.2) is 14.3 Å². The van der Waals surface area contributed by atoms with E-state index >= 15 is 0 Å². The molecule has 1 aliphatic rings. The molecule has 1 N–H and O–H groups in total. The molecule has 9 heteroatoms. The van der Waals surface area contributed by atoms with Gasteiger partial charge in [0.15, 0.2) is 11.2 Å². The Morgan fingerprint density at radius 2 is 1.90 bits per heavy atom. The first-order valence-corrected chi connectivity index (χ1v) is 10.6. The normalized spacial score (nSPS) is 14.4. The Labute approximate surface area is 179 Å². The molecule has 1 amide bonds. The summed E-state index contributed by atoms with van der Waals surface area (Å²) >= 11 is 0. The number of nitrogens with one attached hydrogen (secondary N) is 1. The van der Waals surface area contributed by atoms with Gasteiger partial charge >= 0.3 is 5.69 Å². The Morgan fingerprint density at radius 3 is 2.61 bits per heavy atom. The monoisotopic (exact) mass is 425 g/mol. The third kappa shape index (κ3) is 4.46. The highest BCUT2D eigenvalue weighted by Crippen LogP contribution is 2.17. The largest absolute Gasteiger partial charge is 0.383 e. The summed E-state index contributed by atoms with van der Waals surface area (Å²) < 4.78 is 9.28. The van der Waals surface area contributed by atoms with Gasteiger partial charge in [0.2, 0.25) is 5.91 Å². The molecule has 0 aliphatic heterocycles. The fourth-order valence-corrected chi connectivity index (χ4v) is 4.13. The summed E-state index contributed by atoms with van der Waals surface area (Å²) in [6.45, 7) is 0.751. The van der Waals surface area contributed by atoms with Crippen molar-refractivity contribution in [3.05, 3.63) is 63.1 Å². The van der Waals surface area contributed by atoms with Crippen LogP contribution in [0, 0.1) is 0 Å². The molecule has 0 spiro atoms. The number of nitrogens with zero attached hydrogens (tertiary/aromatic N) is 4. The molecule has 31 heavy (non-hydrogen) atoms. The second kappa shape index (κ2) is 9.30. The number of rotatable bonds is 8. The third-order valence-corrected chi connectivity index (χ3v) is 5.73. The maximum Gasteiger partial charge on any atom is 0.333 e. The molecular formula is C22H27N5O4. The first-order valence-electron chi connectivity index (χ1n) is 10.6. The van der Waals surface area contributed by atoms with E-state index in [-0.39, 0.29) is 25.0 Å². The molecular weight excluding hydrogens is 398 g/mol. The van der Waals surface area contributed by atoms with Crippen LogP contribution in [-0.4, -0.2) is 44.4 Å². The molecule has 1 aliphatic carbocycles. The van der Waals surface area contributed by atoms with E-state index in [2.05, 4.69) is 10.3 Å². The van der Waals surface area contributed by atoms with Gasteiger partial charge in [-0.1, -0.05) is 43.2 Å². The molecule has 1 fully saturated rings. The highest BCUT2D eigenvalue weighted by Gasteiger charge is 2.22. The van der Waals surface area contributed by atoms with Gasteiger partial charge in [0.25, 0.3) is 5.56 Å². The second-order valence-corrected chi connectivity index (χ2v) is 7.90. The van der Waals surface area contributed by atoms with Gasteiger partial charge in [-0.05, 0) is 18.4 Å². The van der Waals surface area contributed by atoms with Gasteiger partial charge < -0.3 is 14.6 Å². The van der Waals surface area contributed by atoms with Crippen molar-refractivity contribution in [1.29, 1.82) is 0 Å². The minimum Gasteiger partial charge on any atom is -0.383 e. The molecule has 1 saturated carbocycles. The summed E-state index contributed by atoms with van der Waals surface area (Å²) in [5, 5.41) is 2.95. The third-order valence-electron chi connectivity index (χ3n) is 5.73. The summed E-state index contributed by atoms with van der Waals surface area (Å²) in [4.78, 5) is 43.5. The predicted octanol–water partition coefficient (Wildman–Crippen LogP) is 1.11. The number of fused-ring (bicyclic) bond motifs is 1. The quantitative estimate of drug-likeness (QED) is 0.583. The van der Waals surface area contributed by atoms with E-state index in [0.29, 0.717) is 24.3 Å². The zero-order valence-electron chi connectivity index (χ0n) is 17.6. The van der Waals surface area contributed by atoms with Crippen molar-refractivity contribution in [2.45, 2.75) is 51.4 Å². The molecule has 164 valence electrons. The number of hydrogen-bond donors (Lipinski definition) is 1. The molecule has 4 rings (SSSR count). The van der Waals surface area contributed by atoms with E-state index in [0.717, 1.165) is 35.8 Å². The van der Waals surface area contributed by atoms with Gasteiger partial charge in [0, 0.05) is 19.7 Å². The molecule has 0 saturated heterocycles. The van der Waals surface area contributed by atoms with Crippen molar-refractivity contribution in [3.63, 3.8) is 0 Å². The van der Waals surface area contributed by atoms with Crippen LogP contribution in [0.15, 0.2) is 46.2 Å². The maximum atomic E-state index is 13.3. The summed E-state index contributed by atoms with van der Waals surface area (Å²) in [5.74, 6) is -0.320. The molecule has 1 aromatic carbocycles. The van der Waals surface area contributed by atoms with Gasteiger partial charge in [-0.15, -0.1) is 0 Å². The lowest BCUT2D eigenvalue weighted by Crippen LogP contribution is -2.45. The minimum absolute atomic E-state index is 0.116. The Hall–Kier alpha value is -3.20. The van der Waals surface area contributed by atoms with Crippen LogP contribution in [0.25, 0.3) is 11.2 Å². The van der Waals surface area contributed by atoms with Crippen molar-refractivity contribution < 1.29 is 9.53 Å². The SMILES string of the molecule is COCCn1cnc2c1c(=O)n(CC(=O)NC1CCCC1)c(=O)n2Cc1ccccc1. The molecule has 3 aromatic rings. The van der Waals surface area contributed by atoms with Crippen LogP contribution in [0.1, 0.15) is 31.2 Å². The number of methoxy groups -OCH3 is 1. The van der Waals surface area contributed by atoms with Crippen LogP contribution >= 0.6 is 0 Å². The van der Waals surface area contributed by atoms with Crippen LogP contribution in [0.3, 0.4) is 0 Å². The zero-order valence-corrected chi connectivity index (χ0v) is 17.6. The van der Waals surface area contributed by atoms with Crippen molar-refractivity contribution in [1.82, 2.24) is 24.0 Å². The minimum atomic E-state index is -0.542. The molecule has 2 aromatic heterocycles. The Kier molecular flexibility index (Phi) is 6.31. The highest BCUT2D eigenvalue weighted by atomic mass is 16.5. The van der Waals surface area contributed by atoms with E-state index in [1.807, 2.05) is 30.3 Å². The molecule has 0 radical (unpaired) electrons. The van der Waals surface area contributed by atoms with Crippen molar-refractivity contribution >= 4 is 17.1 Å². The molecule has 0 atom stereocenters. The van der Waals surface area contributed by atoms with Crippen LogP contribution in [0.4, 0.5) is 0 Å². The molecule has 0 bridgehead atoms. The van der Waals surface area contributed by atoms with Crippen molar-refractivity contribution in [3.8, 4) is 0 Å². The zero-order chi connectivity index (χ0) is 21.8. The molecule has 2 heterocycles. The van der Waals surface area contributed by atoms with Crippen molar-refractivity contribution in [2.75, 3.05) is 13.7 Å². The highest BCUT2D eigenvalue weighted by molar-refractivity contribution is 5.77. The Morgan fingerprint density at radius 1 is 1.16 bits per heavy atom. The number of carbonyl (C=O) groups is 1. The number of imidazole rings is 1. The number of amides is 1. The topological polar surface area (TPSA) is 100 Å². The maximum absolute atomic E-state index is 13.3. The lowest BCUT2D eigenvalue weighted by Gasteiger charge is -2.15. The number of hydrogen-bond acceptors (Lipinski definition) is 5. The van der Waals surface area contributed by atoms with Gasteiger partial charge in [-0.2, -0.15) is 0 Å². The molecule has 0 unspecified atom stereocenters. The van der Waals surface area contributed by atoms with Gasteiger partial charge in [0.05, 0.1) is 19.5 Å². The smallest absolute Gasteiger partial charge is 0.333 e. The lowest BCUT2D eigenvalue weighted by atomic mass is 10.2. The number of carbonyl (C=O) groups excluding carboxylic acids is 1. The van der Waals surface area contributed by atoms with Crippen LogP contribution in [0.2, 0.25) is 0 Å². The van der Waals surface area contributed by atoms with Crippen LogP contribution < -0.4 is 16.6 Å². The second-order valence-electron chi connectivity index (χ2n) is 7.90. The van der Waals surface area contributed by atoms with Crippen molar-refractivity contribution in [2.24, 2.45) is 0 Å². The van der Waals surface area contributed by atoms with E-state index in [9.17, 15) is 14.4 Å². The van der Waals surface area contributed by atoms with E-state index in [4.69, 9.17) is 4.74 Å². The average molecular weight is 425 g/mol. The summed E-state index contributed by atoms with van der Waals surface area (Å²) in [7, 11) is 1.58. The number of benzene rings is 1. The average Bonchev–Trinajstić information content (AvgIpc) is 3.43. The van der Waals surface area contributed by atoms with Crippen LogP contribution in [0.5, 0.6) is 0 Å². The fraction of sp³-hybridized carbons (Fsp3) is 0.455. The predicted molar refractivity (Wildman–Crippen MR) is 116 cm³/mol. The fourth-order valence-electron chi connectivity index (χ4n) is 4.13. The van der Waals surface area contributed by atoms with E-state index < -0.39 is 11.2 Å². The van der Waals surface area contributed by atoms with E-state index in [1.54, 1.807) is 11.7 Å². The number of aromatic nitrogens is 4. The van der Waals surface area contributed by atoms with Crippen LogP contribution in [-0.2, 0) is 29.2 Å². The van der Waals surface area contributed by atoms with Gasteiger partial charge in [-0.3, -0.25) is 14.2 Å². The van der Waals surface area contributed by atoms with Gasteiger partial charge in [0.1, 0.15) is 6.54 Å². The first-order chi connectivity index (χ1) is 15.1. The first kappa shape index (κ1) is 21.0. The summed E-state index contributed by atoms with van der Waals surface area (Å²) in [6.07, 6.45) is 5.57.